The molecule has 0 saturated heterocycles. The van der Waals surface area contributed by atoms with Crippen molar-refractivity contribution in [3.05, 3.63) is 83.0 Å². The Hall–Kier alpha value is -3.11. The maximum atomic E-state index is 13.1. The number of amides is 2. The predicted octanol–water partition coefficient (Wildman–Crippen LogP) is 5.40. The van der Waals surface area contributed by atoms with Crippen LogP contribution in [0.1, 0.15) is 25.3 Å². The fourth-order valence-corrected chi connectivity index (χ4v) is 3.54. The van der Waals surface area contributed by atoms with Gasteiger partial charge in [0.15, 0.2) is 0 Å². The summed E-state index contributed by atoms with van der Waals surface area (Å²) in [6, 6.07) is 20.9. The van der Waals surface area contributed by atoms with Gasteiger partial charge in [-0.3, -0.25) is 9.59 Å². The van der Waals surface area contributed by atoms with Crippen molar-refractivity contribution in [2.75, 3.05) is 10.2 Å². The van der Waals surface area contributed by atoms with Crippen molar-refractivity contribution in [1.29, 1.82) is 0 Å². The highest BCUT2D eigenvalue weighted by atomic mass is 35.5. The molecule has 3 aromatic rings. The molecule has 0 unspecified atom stereocenters. The van der Waals surface area contributed by atoms with E-state index in [0.29, 0.717) is 17.3 Å². The summed E-state index contributed by atoms with van der Waals surface area (Å²) in [5.74, 6) is -0.572. The molecule has 3 aromatic carbocycles. The molecule has 5 heteroatoms. The summed E-state index contributed by atoms with van der Waals surface area (Å²) in [6.07, 6.45) is 0. The highest BCUT2D eigenvalue weighted by Crippen LogP contribution is 2.34. The molecule has 4 nitrogen and oxygen atoms in total. The van der Waals surface area contributed by atoms with Crippen LogP contribution in [-0.2, 0) is 9.59 Å². The van der Waals surface area contributed by atoms with Crippen LogP contribution >= 0.6 is 11.6 Å². The second kappa shape index (κ2) is 7.13. The Labute approximate surface area is 168 Å². The van der Waals surface area contributed by atoms with Crippen LogP contribution in [0.5, 0.6) is 0 Å². The summed E-state index contributed by atoms with van der Waals surface area (Å²) in [4.78, 5) is 27.0. The van der Waals surface area contributed by atoms with Crippen molar-refractivity contribution in [2.45, 2.75) is 19.8 Å². The van der Waals surface area contributed by atoms with Crippen LogP contribution in [0.4, 0.5) is 11.4 Å². The number of hydrogen-bond acceptors (Lipinski definition) is 3. The number of carbonyl (C=O) groups is 2. The van der Waals surface area contributed by atoms with E-state index >= 15 is 0 Å². The largest absolute Gasteiger partial charge is 0.350 e. The van der Waals surface area contributed by atoms with Crippen molar-refractivity contribution in [3.63, 3.8) is 0 Å². The van der Waals surface area contributed by atoms with Gasteiger partial charge in [-0.2, -0.15) is 0 Å². The van der Waals surface area contributed by atoms with Gasteiger partial charge < -0.3 is 5.32 Å². The lowest BCUT2D eigenvalue weighted by Crippen LogP contribution is -2.32. The Kier molecular flexibility index (Phi) is 4.65. The van der Waals surface area contributed by atoms with Crippen LogP contribution in [0.3, 0.4) is 0 Å². The predicted molar refractivity (Wildman–Crippen MR) is 113 cm³/mol. The molecule has 0 aromatic heterocycles. The first-order chi connectivity index (χ1) is 13.5. The normalized spacial score (nSPS) is 14.5. The van der Waals surface area contributed by atoms with E-state index in [1.807, 2.05) is 60.7 Å². The van der Waals surface area contributed by atoms with E-state index in [0.717, 1.165) is 15.7 Å². The lowest BCUT2D eigenvalue weighted by atomic mass is 10.0. The smallest absolute Gasteiger partial charge is 0.283 e. The number of imide groups is 1. The standard InChI is InChI=1S/C23H19ClN2O2/c1-14(2)15-10-12-17(13-11-15)25-21-20(24)22(27)26(23(21)28)19-9-5-7-16-6-3-4-8-18(16)19/h3-14,25H,1-2H3. The van der Waals surface area contributed by atoms with Crippen molar-refractivity contribution in [3.8, 4) is 0 Å². The second-order valence-electron chi connectivity index (χ2n) is 7.03. The Morgan fingerprint density at radius 1 is 0.857 bits per heavy atom. The maximum Gasteiger partial charge on any atom is 0.283 e. The molecule has 0 aliphatic carbocycles. The van der Waals surface area contributed by atoms with Crippen LogP contribution in [0.15, 0.2) is 77.5 Å². The summed E-state index contributed by atoms with van der Waals surface area (Å²) in [6.45, 7) is 4.23. The van der Waals surface area contributed by atoms with Gasteiger partial charge in [-0.1, -0.05) is 74.0 Å². The summed E-state index contributed by atoms with van der Waals surface area (Å²) in [5.41, 5.74) is 2.52. The first kappa shape index (κ1) is 18.3. The third-order valence-electron chi connectivity index (χ3n) is 4.88. The molecular weight excluding hydrogens is 372 g/mol. The minimum atomic E-state index is -0.524. The molecule has 0 fully saturated rings. The molecule has 0 atom stereocenters. The minimum absolute atomic E-state index is 0.0943. The van der Waals surface area contributed by atoms with Crippen molar-refractivity contribution in [2.24, 2.45) is 0 Å². The number of nitrogens with one attached hydrogen (secondary N) is 1. The van der Waals surface area contributed by atoms with Gasteiger partial charge in [-0.05, 0) is 35.1 Å². The SMILES string of the molecule is CC(C)c1ccc(NC2=C(Cl)C(=O)N(c3cccc4ccccc34)C2=O)cc1. The molecule has 1 N–H and O–H groups in total. The lowest BCUT2D eigenvalue weighted by Gasteiger charge is -2.17. The molecule has 0 saturated carbocycles. The Morgan fingerprint density at radius 2 is 1.54 bits per heavy atom. The third-order valence-corrected chi connectivity index (χ3v) is 5.23. The molecule has 4 rings (SSSR count). The summed E-state index contributed by atoms with van der Waals surface area (Å²) in [7, 11) is 0. The van der Waals surface area contributed by atoms with E-state index in [2.05, 4.69) is 19.2 Å². The van der Waals surface area contributed by atoms with E-state index in [1.165, 1.54) is 5.56 Å². The average molecular weight is 391 g/mol. The van der Waals surface area contributed by atoms with E-state index in [9.17, 15) is 9.59 Å². The van der Waals surface area contributed by atoms with Gasteiger partial charge in [-0.15, -0.1) is 0 Å². The number of rotatable bonds is 4. The zero-order chi connectivity index (χ0) is 19.8. The van der Waals surface area contributed by atoms with Gasteiger partial charge in [0.05, 0.1) is 5.69 Å². The number of nitrogens with zero attached hydrogens (tertiary/aromatic N) is 1. The highest BCUT2D eigenvalue weighted by molar-refractivity contribution is 6.53. The van der Waals surface area contributed by atoms with Crippen LogP contribution in [0.2, 0.25) is 0 Å². The van der Waals surface area contributed by atoms with E-state index < -0.39 is 11.8 Å². The quantitative estimate of drug-likeness (QED) is 0.607. The zero-order valence-electron chi connectivity index (χ0n) is 15.6. The number of anilines is 2. The molecule has 28 heavy (non-hydrogen) atoms. The summed E-state index contributed by atoms with van der Waals surface area (Å²) >= 11 is 6.26. The fraction of sp³-hybridized carbons (Fsp3) is 0.130. The highest BCUT2D eigenvalue weighted by Gasteiger charge is 2.39. The third kappa shape index (κ3) is 3.06. The number of halogens is 1. The van der Waals surface area contributed by atoms with Gasteiger partial charge in [-0.25, -0.2) is 4.90 Å². The molecule has 0 bridgehead atoms. The van der Waals surface area contributed by atoms with Gasteiger partial charge in [0, 0.05) is 11.1 Å². The topological polar surface area (TPSA) is 49.4 Å². The molecule has 1 aliphatic heterocycles. The van der Waals surface area contributed by atoms with Crippen LogP contribution in [-0.4, -0.2) is 11.8 Å². The molecule has 140 valence electrons. The van der Waals surface area contributed by atoms with Crippen molar-refractivity contribution < 1.29 is 9.59 Å². The summed E-state index contributed by atoms with van der Waals surface area (Å²) in [5, 5.41) is 4.68. The molecule has 2 amide bonds. The van der Waals surface area contributed by atoms with Gasteiger partial charge in [0.25, 0.3) is 11.8 Å². The van der Waals surface area contributed by atoms with Crippen LogP contribution in [0, 0.1) is 0 Å². The van der Waals surface area contributed by atoms with E-state index in [-0.39, 0.29) is 10.7 Å². The van der Waals surface area contributed by atoms with Gasteiger partial charge in [0.1, 0.15) is 10.7 Å². The molecule has 1 heterocycles. The number of carbonyl (C=O) groups excluding carboxylic acids is 2. The number of fused-ring (bicyclic) bond motifs is 1. The zero-order valence-corrected chi connectivity index (χ0v) is 16.3. The summed E-state index contributed by atoms with van der Waals surface area (Å²) < 4.78 is 0. The monoisotopic (exact) mass is 390 g/mol. The van der Waals surface area contributed by atoms with Crippen molar-refractivity contribution >= 4 is 45.6 Å². The average Bonchev–Trinajstić information content (AvgIpc) is 2.91. The molecule has 1 aliphatic rings. The Morgan fingerprint density at radius 3 is 2.25 bits per heavy atom. The Bertz CT molecular complexity index is 1110. The second-order valence-corrected chi connectivity index (χ2v) is 7.41. The van der Waals surface area contributed by atoms with E-state index in [4.69, 9.17) is 11.6 Å². The first-order valence-corrected chi connectivity index (χ1v) is 9.48. The van der Waals surface area contributed by atoms with Crippen LogP contribution in [0.25, 0.3) is 10.8 Å². The maximum absolute atomic E-state index is 13.1. The molecule has 0 spiro atoms. The lowest BCUT2D eigenvalue weighted by molar-refractivity contribution is -0.120. The van der Waals surface area contributed by atoms with Crippen molar-refractivity contribution in [1.82, 2.24) is 0 Å². The fourth-order valence-electron chi connectivity index (χ4n) is 3.33. The molecule has 0 radical (unpaired) electrons. The van der Waals surface area contributed by atoms with E-state index in [1.54, 1.807) is 6.07 Å². The minimum Gasteiger partial charge on any atom is -0.350 e. The van der Waals surface area contributed by atoms with Gasteiger partial charge in [0.2, 0.25) is 0 Å². The first-order valence-electron chi connectivity index (χ1n) is 9.10. The number of hydrogen-bond donors (Lipinski definition) is 1. The molecular formula is C23H19ClN2O2. The van der Waals surface area contributed by atoms with Gasteiger partial charge >= 0.3 is 0 Å². The number of benzene rings is 3. The Balaban J connectivity index is 1.68. The van der Waals surface area contributed by atoms with Crippen LogP contribution < -0.4 is 10.2 Å².